The number of phenolic OH excluding ortho intramolecular Hbond substituents is 2. The van der Waals surface area contributed by atoms with Gasteiger partial charge >= 0.3 is 0 Å². The zero-order chi connectivity index (χ0) is 61.5. The number of hydrogen-bond acceptors (Lipinski definition) is 14. The molecule has 13 bridgehead atoms. The number of ketones is 2. The van der Waals surface area contributed by atoms with E-state index in [-0.39, 0.29) is 78.7 Å². The molecule has 0 radical (unpaired) electrons. The third-order valence-corrected chi connectivity index (χ3v) is 28.0. The minimum absolute atomic E-state index is 0.00159. The zero-order valence-electron chi connectivity index (χ0n) is 51.3. The molecule has 5 fully saturated rings. The minimum Gasteiger partial charge on any atom is -0.508 e. The van der Waals surface area contributed by atoms with Crippen molar-refractivity contribution in [1.29, 1.82) is 0 Å². The summed E-state index contributed by atoms with van der Waals surface area (Å²) < 4.78 is 6.30. The number of rotatable bonds is 3. The monoisotopic (exact) mass is 1280 g/mol. The summed E-state index contributed by atoms with van der Waals surface area (Å²) >= 11 is 0. The zero-order valence-corrected chi connectivity index (χ0v) is 54.5. The number of hydrogen-bond donors (Lipinski definition) is 8. The van der Waals surface area contributed by atoms with E-state index in [9.17, 15) is 35.1 Å². The van der Waals surface area contributed by atoms with Crippen LogP contribution in [0, 0.1) is 58.2 Å². The Morgan fingerprint density at radius 3 is 2.37 bits per heavy atom. The summed E-state index contributed by atoms with van der Waals surface area (Å²) in [7, 11) is 7.07. The number of nitrogens with two attached hydrogens (primary N) is 2. The molecule has 13 rings (SSSR count). The topological polar surface area (TPSA) is 212 Å². The number of aromatic nitrogens is 1. The van der Waals surface area contributed by atoms with E-state index in [4.69, 9.17) is 16.2 Å². The molecule has 11 nitrogen and oxygen atoms in total. The molecule has 1 saturated heterocycles. The van der Waals surface area contributed by atoms with Crippen molar-refractivity contribution < 1.29 is 39.9 Å². The van der Waals surface area contributed by atoms with Crippen molar-refractivity contribution in [2.75, 3.05) is 30.5 Å². The van der Waals surface area contributed by atoms with E-state index in [1.165, 1.54) is 43.2 Å². The van der Waals surface area contributed by atoms with Crippen molar-refractivity contribution in [1.82, 2.24) is 4.98 Å². The number of Topliss-reactive ketones (excluding diaryl/α,β-unsaturated/α-hetero) is 1. The first-order valence-corrected chi connectivity index (χ1v) is 38.0. The highest BCUT2D eigenvalue weighted by Crippen LogP contribution is 2.61. The van der Waals surface area contributed by atoms with Gasteiger partial charge in [-0.25, -0.2) is 0 Å². The van der Waals surface area contributed by atoms with Gasteiger partial charge in [-0.05, 0) is 212 Å². The van der Waals surface area contributed by atoms with Crippen LogP contribution in [0.3, 0.4) is 0 Å². The van der Waals surface area contributed by atoms with Gasteiger partial charge in [0.05, 0.1) is 37.0 Å². The van der Waals surface area contributed by atoms with Gasteiger partial charge < -0.3 is 46.7 Å². The number of ether oxygens (including phenoxy) is 1. The molecule has 1 aromatic heterocycles. The Balaban J connectivity index is 0.872. The lowest BCUT2D eigenvalue weighted by Gasteiger charge is -2.47. The number of H-pyrrole nitrogens is 1. The van der Waals surface area contributed by atoms with Gasteiger partial charge in [0, 0.05) is 82.7 Å². The molecule has 4 aromatic carbocycles. The molecule has 2 spiro atoms. The lowest BCUT2D eigenvalue weighted by Crippen LogP contribution is -2.45. The normalized spacial score (nSPS) is 31.8. The summed E-state index contributed by atoms with van der Waals surface area (Å²) in [6, 6.07) is 25.5. The molecule has 11 atom stereocenters. The smallest absolute Gasteiger partial charge is 0.165 e. The highest BCUT2D eigenvalue weighted by molar-refractivity contribution is 8.77. The summed E-state index contributed by atoms with van der Waals surface area (Å²) in [5.74, 6) is 10.3. The number of benzene rings is 4. The van der Waals surface area contributed by atoms with Crippen molar-refractivity contribution in [3.63, 3.8) is 0 Å². The number of aryl methyl sites for hydroxylation is 1. The molecule has 5 aromatic rings. The van der Waals surface area contributed by atoms with Crippen molar-refractivity contribution in [3.8, 4) is 29.1 Å². The van der Waals surface area contributed by atoms with E-state index >= 15 is 0 Å². The first-order valence-electron chi connectivity index (χ1n) is 33.1. The second kappa shape index (κ2) is 26.8. The van der Waals surface area contributed by atoms with E-state index in [2.05, 4.69) is 53.2 Å². The van der Waals surface area contributed by atoms with Crippen LogP contribution in [0.4, 0.5) is 0 Å². The summed E-state index contributed by atoms with van der Waals surface area (Å²) in [6.45, 7) is 0.300. The second-order valence-electron chi connectivity index (χ2n) is 28.3. The molecule has 6 aliphatic carbocycles. The maximum atomic E-state index is 14.5. The number of aromatic amines is 1. The predicted molar refractivity (Wildman–Crippen MR) is 361 cm³/mol. The molecule has 2 aliphatic heterocycles. The van der Waals surface area contributed by atoms with Crippen molar-refractivity contribution in [2.24, 2.45) is 57.8 Å². The van der Waals surface area contributed by atoms with Crippen LogP contribution in [0.2, 0.25) is 0 Å². The fraction of sp³-hybridized carbons (Fsp3) is 0.541. The Labute approximate surface area is 541 Å². The van der Waals surface area contributed by atoms with Gasteiger partial charge in [0.15, 0.2) is 23.1 Å². The molecule has 89 heavy (non-hydrogen) atoms. The van der Waals surface area contributed by atoms with E-state index in [1.54, 1.807) is 50.7 Å². The Morgan fingerprint density at radius 2 is 1.53 bits per heavy atom. The molecule has 472 valence electrons. The quantitative estimate of drug-likeness (QED) is 0.0480. The molecule has 4 saturated carbocycles. The van der Waals surface area contributed by atoms with Crippen molar-refractivity contribution in [2.45, 2.75) is 170 Å². The maximum Gasteiger partial charge on any atom is 0.165 e. The standard InChI is InChI=1S/C74H89N3O8S4/c75-70(76)60-34-49-8-5-11-65-57(21-29-77-65)68(82)36-61-58(49)35-51(60)41-86-87-42-53-39-72(28-20-54(79)15-12-46-14-17-67(81)69(32-46)85-30-22-47-13-16-66(80)62(61)31-47)26-18-50-37-73(83,52-19-27-71(38-52)23-3-4-24-71)25-6-10-56-59(50)33-48-7-1-2-9-55(48)63(40-78)64(56)43-88-89-45-74(53,84)44-72/h1-2,7,9,13-14,16-17,20-21,28-29,31-32,34-35,50,52-53,56,59,61,63-64,70,77-78,80-81,83-84H,3-4,6,10-12,15,18-19,22-27,30,33,36-45,75-76H2. The summed E-state index contributed by atoms with van der Waals surface area (Å²) in [5.41, 5.74) is 20.7. The number of fused-ring (bicyclic) bond motifs is 11. The molecular formula is C74H89N3O8S4. The van der Waals surface area contributed by atoms with Crippen LogP contribution in [0.15, 0.2) is 97.2 Å². The van der Waals surface area contributed by atoms with E-state index < -0.39 is 28.7 Å². The molecule has 10 N–H and O–H groups in total. The predicted octanol–water partition coefficient (Wildman–Crippen LogP) is 14.0. The van der Waals surface area contributed by atoms with E-state index in [1.807, 2.05) is 53.3 Å². The maximum absolute atomic E-state index is 14.5. The van der Waals surface area contributed by atoms with Crippen LogP contribution in [-0.2, 0) is 36.2 Å². The average Bonchev–Trinajstić information content (AvgIpc) is 2.79. The Bertz CT molecular complexity index is 3510. The van der Waals surface area contributed by atoms with Crippen LogP contribution in [0.1, 0.15) is 193 Å². The number of carbonyl (C=O) groups is 2. The highest BCUT2D eigenvalue weighted by Gasteiger charge is 2.56. The molecule has 3 heterocycles. The third-order valence-electron chi connectivity index (χ3n) is 23.0. The SMILES string of the molecule is NC(N)c1cc2c3cc1CSSCC1CC4(C=CC(=O)CCc5ccc(O)c(c5)OCCc5ccc(O)c(c5)C3CC(=O)c3cc[nH]c3CC#C2)CCC2CC(O)(C3CCC5(CCCC5)C3)CCCC3C2Cc2ccccc2C(CO)C3CSSCC1(O)C4. The van der Waals surface area contributed by atoms with Gasteiger partial charge in [0.1, 0.15) is 5.75 Å². The van der Waals surface area contributed by atoms with Crippen molar-refractivity contribution in [3.05, 3.63) is 159 Å². The number of allylic oxidation sites excluding steroid dienone is 2. The first kappa shape index (κ1) is 63.2. The number of carbonyl (C=O) groups excluding carboxylic acids is 2. The summed E-state index contributed by atoms with van der Waals surface area (Å²) in [6.07, 6.45) is 22.5. The van der Waals surface area contributed by atoms with Gasteiger partial charge in [-0.1, -0.05) is 129 Å². The lowest BCUT2D eigenvalue weighted by atomic mass is 9.61. The highest BCUT2D eigenvalue weighted by atomic mass is 33.1. The van der Waals surface area contributed by atoms with Gasteiger partial charge in [0.2, 0.25) is 0 Å². The Morgan fingerprint density at radius 1 is 0.708 bits per heavy atom. The molecule has 11 unspecified atom stereocenters. The van der Waals surface area contributed by atoms with Crippen LogP contribution in [-0.4, -0.2) is 83.8 Å². The number of nitrogens with one attached hydrogen (secondary N) is 1. The van der Waals surface area contributed by atoms with Gasteiger partial charge in [0.25, 0.3) is 0 Å². The Kier molecular flexibility index (Phi) is 19.0. The van der Waals surface area contributed by atoms with Crippen LogP contribution < -0.4 is 16.2 Å². The fourth-order valence-electron chi connectivity index (χ4n) is 18.3. The minimum atomic E-state index is -1.07. The number of aliphatic hydroxyl groups excluding tert-OH is 1. The second-order valence-corrected chi connectivity index (χ2v) is 33.3. The van der Waals surface area contributed by atoms with Gasteiger partial charge in [-0.15, -0.1) is 0 Å². The first-order chi connectivity index (χ1) is 43.1. The fourth-order valence-corrected chi connectivity index (χ4v) is 23.8. The average molecular weight is 1280 g/mol. The molecular weight excluding hydrogens is 1190 g/mol. The van der Waals surface area contributed by atoms with Crippen LogP contribution >= 0.6 is 43.2 Å². The number of aromatic hydroxyl groups is 2. The van der Waals surface area contributed by atoms with Gasteiger partial charge in [-0.2, -0.15) is 0 Å². The molecule has 0 amide bonds. The van der Waals surface area contributed by atoms with Gasteiger partial charge in [-0.3, -0.25) is 9.59 Å². The third kappa shape index (κ3) is 13.4. The largest absolute Gasteiger partial charge is 0.508 e. The summed E-state index contributed by atoms with van der Waals surface area (Å²) in [4.78, 5) is 32.2. The van der Waals surface area contributed by atoms with Crippen LogP contribution in [0.25, 0.3) is 0 Å². The number of aliphatic hydroxyl groups is 3. The van der Waals surface area contributed by atoms with Crippen molar-refractivity contribution >= 4 is 54.7 Å². The van der Waals surface area contributed by atoms with E-state index in [0.29, 0.717) is 89.1 Å². The number of phenols is 2. The van der Waals surface area contributed by atoms with E-state index in [0.717, 1.165) is 97.1 Å². The lowest BCUT2D eigenvalue weighted by molar-refractivity contribution is -0.114. The molecule has 8 aliphatic rings. The Hall–Kier alpha value is -4.60. The summed E-state index contributed by atoms with van der Waals surface area (Å²) in [5, 5.41) is 61.6. The molecule has 15 heteroatoms. The van der Waals surface area contributed by atoms with Crippen LogP contribution in [0.5, 0.6) is 17.2 Å².